The number of amides is 1. The molecule has 0 aliphatic heterocycles. The third-order valence-corrected chi connectivity index (χ3v) is 6.43. The first-order chi connectivity index (χ1) is 18.6. The van der Waals surface area contributed by atoms with Crippen LogP contribution in [0.5, 0.6) is 11.5 Å². The highest BCUT2D eigenvalue weighted by Crippen LogP contribution is 2.28. The van der Waals surface area contributed by atoms with Crippen molar-refractivity contribution in [3.8, 4) is 22.6 Å². The Balaban J connectivity index is 1.85. The molecule has 0 bridgehead atoms. The Bertz CT molecular complexity index is 1390. The van der Waals surface area contributed by atoms with Crippen LogP contribution in [0.15, 0.2) is 53.2 Å². The van der Waals surface area contributed by atoms with Crippen LogP contribution in [0.1, 0.15) is 34.3 Å². The fourth-order valence-corrected chi connectivity index (χ4v) is 4.36. The summed E-state index contributed by atoms with van der Waals surface area (Å²) >= 11 is 1.51. The molecule has 12 heteroatoms. The Hall–Kier alpha value is -4.71. The number of methoxy groups -OCH3 is 1. The van der Waals surface area contributed by atoms with Crippen LogP contribution in [0, 0.1) is 5.41 Å². The van der Waals surface area contributed by atoms with Gasteiger partial charge in [0.15, 0.2) is 0 Å². The van der Waals surface area contributed by atoms with Crippen molar-refractivity contribution in [1.29, 1.82) is 5.41 Å². The van der Waals surface area contributed by atoms with Crippen molar-refractivity contribution in [1.82, 2.24) is 5.32 Å². The largest absolute Gasteiger partial charge is 0.496 e. The number of hydrogen-bond donors (Lipinski definition) is 5. The second-order valence-corrected chi connectivity index (χ2v) is 9.26. The Labute approximate surface area is 227 Å². The van der Waals surface area contributed by atoms with Gasteiger partial charge in [0.1, 0.15) is 23.9 Å². The van der Waals surface area contributed by atoms with E-state index in [2.05, 4.69) is 5.32 Å². The predicted octanol–water partition coefficient (Wildman–Crippen LogP) is 2.95. The number of nitrogens with two attached hydrogens (primary N) is 1. The molecule has 0 aliphatic carbocycles. The zero-order valence-corrected chi connectivity index (χ0v) is 21.7. The summed E-state index contributed by atoms with van der Waals surface area (Å²) in [5.74, 6) is -4.12. The van der Waals surface area contributed by atoms with Crippen molar-refractivity contribution >= 4 is 40.8 Å². The lowest BCUT2D eigenvalue weighted by atomic mass is 10.0. The summed E-state index contributed by atoms with van der Waals surface area (Å²) in [5.41, 5.74) is 8.04. The van der Waals surface area contributed by atoms with Gasteiger partial charge in [-0.3, -0.25) is 19.8 Å². The molecule has 0 unspecified atom stereocenters. The van der Waals surface area contributed by atoms with Gasteiger partial charge in [0.05, 0.1) is 18.7 Å². The van der Waals surface area contributed by atoms with Crippen molar-refractivity contribution in [2.24, 2.45) is 5.73 Å². The van der Waals surface area contributed by atoms with Gasteiger partial charge in [0, 0.05) is 24.0 Å². The van der Waals surface area contributed by atoms with Crippen LogP contribution in [0.4, 0.5) is 0 Å². The van der Waals surface area contributed by atoms with Crippen molar-refractivity contribution in [2.75, 3.05) is 13.7 Å². The molecular weight excluding hydrogens is 526 g/mol. The Morgan fingerprint density at radius 3 is 2.44 bits per heavy atom. The summed E-state index contributed by atoms with van der Waals surface area (Å²) in [5, 5.41) is 32.5. The molecule has 1 aromatic heterocycles. The van der Waals surface area contributed by atoms with Crippen LogP contribution >= 0.6 is 11.3 Å². The van der Waals surface area contributed by atoms with Crippen LogP contribution in [-0.4, -0.2) is 59.4 Å². The van der Waals surface area contributed by atoms with Gasteiger partial charge in [-0.2, -0.15) is 11.3 Å². The molecule has 0 saturated carbocycles. The van der Waals surface area contributed by atoms with E-state index in [1.54, 1.807) is 12.1 Å². The molecule has 3 aromatic rings. The fourth-order valence-electron chi connectivity index (χ4n) is 3.69. The lowest BCUT2D eigenvalue weighted by molar-refractivity contribution is -0.148. The molecule has 1 atom stereocenters. The number of ether oxygens (including phenoxy) is 2. The Morgan fingerprint density at radius 1 is 1.05 bits per heavy atom. The number of carbonyl (C=O) groups excluding carboxylic acids is 2. The molecule has 204 valence electrons. The van der Waals surface area contributed by atoms with Gasteiger partial charge in [-0.05, 0) is 52.6 Å². The van der Waals surface area contributed by atoms with Crippen LogP contribution in [-0.2, 0) is 20.8 Å². The number of nitrogens with one attached hydrogen (secondary N) is 2. The van der Waals surface area contributed by atoms with E-state index in [1.165, 1.54) is 36.6 Å². The quantitative estimate of drug-likeness (QED) is 0.113. The molecule has 0 fully saturated rings. The van der Waals surface area contributed by atoms with E-state index in [4.69, 9.17) is 25.7 Å². The number of rotatable bonds is 14. The molecule has 0 aliphatic rings. The molecule has 0 saturated heterocycles. The predicted molar refractivity (Wildman–Crippen MR) is 144 cm³/mol. The highest BCUT2D eigenvalue weighted by molar-refractivity contribution is 7.08. The van der Waals surface area contributed by atoms with Gasteiger partial charge >= 0.3 is 11.9 Å². The third kappa shape index (κ3) is 7.89. The number of aliphatic carboxylic acids is 2. The molecule has 3 rings (SSSR count). The third-order valence-electron chi connectivity index (χ3n) is 5.75. The molecular formula is C27H27N3O8S. The number of ketones is 1. The minimum absolute atomic E-state index is 0.0173. The van der Waals surface area contributed by atoms with Gasteiger partial charge in [-0.25, -0.2) is 4.79 Å². The summed E-state index contributed by atoms with van der Waals surface area (Å²) in [6, 6.07) is 10.6. The van der Waals surface area contributed by atoms with Crippen LogP contribution in [0.3, 0.4) is 0 Å². The molecule has 0 radical (unpaired) electrons. The van der Waals surface area contributed by atoms with Gasteiger partial charge in [0.2, 0.25) is 5.78 Å². The van der Waals surface area contributed by atoms with Gasteiger partial charge in [0.25, 0.3) is 5.91 Å². The van der Waals surface area contributed by atoms with E-state index in [1.807, 2.05) is 22.9 Å². The van der Waals surface area contributed by atoms with E-state index >= 15 is 0 Å². The lowest BCUT2D eigenvalue weighted by Gasteiger charge is -2.21. The Kier molecular flexibility index (Phi) is 9.76. The monoisotopic (exact) mass is 553 g/mol. The van der Waals surface area contributed by atoms with Crippen LogP contribution in [0.2, 0.25) is 0 Å². The smallest absolute Gasteiger partial charge is 0.372 e. The summed E-state index contributed by atoms with van der Waals surface area (Å²) in [4.78, 5) is 47.4. The zero-order valence-electron chi connectivity index (χ0n) is 20.9. The second kappa shape index (κ2) is 13.2. The lowest BCUT2D eigenvalue weighted by Crippen LogP contribution is -2.39. The van der Waals surface area contributed by atoms with E-state index < -0.39 is 36.1 Å². The van der Waals surface area contributed by atoms with Crippen molar-refractivity contribution in [3.05, 3.63) is 69.9 Å². The van der Waals surface area contributed by atoms with Gasteiger partial charge in [-0.15, -0.1) is 0 Å². The molecule has 1 amide bonds. The number of carboxylic acid groups (broad SMARTS) is 2. The summed E-state index contributed by atoms with van der Waals surface area (Å²) < 4.78 is 11.2. The molecule has 2 aromatic carbocycles. The Morgan fingerprint density at radius 2 is 1.82 bits per heavy atom. The number of thiophene rings is 1. The zero-order chi connectivity index (χ0) is 28.5. The number of carboxylic acids is 2. The molecule has 6 N–H and O–H groups in total. The molecule has 0 spiro atoms. The summed E-state index contributed by atoms with van der Waals surface area (Å²) in [7, 11) is 1.43. The van der Waals surface area contributed by atoms with Crippen molar-refractivity contribution in [3.63, 3.8) is 0 Å². The average Bonchev–Trinajstić information content (AvgIpc) is 3.45. The minimum atomic E-state index is -1.61. The maximum Gasteiger partial charge on any atom is 0.372 e. The first-order valence-electron chi connectivity index (χ1n) is 11.7. The van der Waals surface area contributed by atoms with E-state index in [9.17, 15) is 24.3 Å². The highest BCUT2D eigenvalue weighted by atomic mass is 32.1. The minimum Gasteiger partial charge on any atom is -0.496 e. The summed E-state index contributed by atoms with van der Waals surface area (Å²) in [6.45, 7) is -0.207. The fraction of sp³-hybridized carbons (Fsp3) is 0.222. The molecule has 39 heavy (non-hydrogen) atoms. The number of benzene rings is 2. The van der Waals surface area contributed by atoms with Crippen LogP contribution < -0.4 is 20.5 Å². The first kappa shape index (κ1) is 28.9. The second-order valence-electron chi connectivity index (χ2n) is 8.48. The number of nitrogen functional groups attached to an aromatic ring is 1. The topological polar surface area (TPSA) is 189 Å². The SMILES string of the molecule is COc1ccc(-c2ccsc2)cc1C(=O)N[C@H](CCC(=O)O)COc1cc(C(=N)N)ccc1CC(=O)C(=O)O. The number of carbonyl (C=O) groups is 4. The van der Waals surface area contributed by atoms with E-state index in [0.717, 1.165) is 11.1 Å². The standard InChI is InChI=1S/C27H27N3O8S/c1-37-22-6-4-15(18-8-9-39-14-18)10-20(22)26(34)30-19(5-7-24(32)33)13-38-23-12-17(25(28)29)3-2-16(23)11-21(31)27(35)36/h2-4,6,8-10,12,14,19H,5,7,11,13H2,1H3,(H3,28,29)(H,30,34)(H,32,33)(H,35,36)/t19-/m1/s1. The molecule has 1 heterocycles. The number of amidine groups is 1. The maximum atomic E-state index is 13.3. The highest BCUT2D eigenvalue weighted by Gasteiger charge is 2.22. The van der Waals surface area contributed by atoms with Crippen molar-refractivity contribution < 1.29 is 38.9 Å². The van der Waals surface area contributed by atoms with Gasteiger partial charge < -0.3 is 30.7 Å². The van der Waals surface area contributed by atoms with E-state index in [0.29, 0.717) is 5.75 Å². The van der Waals surface area contributed by atoms with Gasteiger partial charge in [-0.1, -0.05) is 18.2 Å². The summed E-state index contributed by atoms with van der Waals surface area (Å²) in [6.07, 6.45) is -0.719. The molecule has 11 nitrogen and oxygen atoms in total. The number of Topliss-reactive ketones (excluding diaryl/α,β-unsaturated/α-hetero) is 1. The van der Waals surface area contributed by atoms with Crippen LogP contribution in [0.25, 0.3) is 11.1 Å². The number of hydrogen-bond acceptors (Lipinski definition) is 8. The normalized spacial score (nSPS) is 11.3. The first-order valence-corrected chi connectivity index (χ1v) is 12.6. The average molecular weight is 554 g/mol. The maximum absolute atomic E-state index is 13.3. The van der Waals surface area contributed by atoms with Crippen molar-refractivity contribution in [2.45, 2.75) is 25.3 Å². The van der Waals surface area contributed by atoms with E-state index in [-0.39, 0.29) is 47.7 Å².